The quantitative estimate of drug-likeness (QED) is 0.109. The first kappa shape index (κ1) is 59.7. The van der Waals surface area contributed by atoms with Gasteiger partial charge in [-0.2, -0.15) is 0 Å². The monoisotopic (exact) mass is 739 g/mol. The van der Waals surface area contributed by atoms with E-state index in [1.54, 1.807) is 6.92 Å². The Morgan fingerprint density at radius 2 is 0.765 bits per heavy atom. The molecule has 0 saturated carbocycles. The molecule has 22 nitrogen and oxygen atoms in total. The first-order valence-corrected chi connectivity index (χ1v) is 13.1. The van der Waals surface area contributed by atoms with Gasteiger partial charge in [0.15, 0.2) is 0 Å². The molecule has 0 bridgehead atoms. The number of carbonyl (C=O) groups is 6. The van der Waals surface area contributed by atoms with Gasteiger partial charge in [0.25, 0.3) is 0 Å². The Labute approximate surface area is 289 Å². The van der Waals surface area contributed by atoms with E-state index in [1.807, 2.05) is 16.9 Å². The normalized spacial score (nSPS) is 8.18. The second-order valence-corrected chi connectivity index (χ2v) is 7.48. The fraction of sp³-hybridized carbons (Fsp3) is 0.276. The van der Waals surface area contributed by atoms with Gasteiger partial charge in [-0.15, -0.1) is 0 Å². The van der Waals surface area contributed by atoms with Crippen molar-refractivity contribution in [3.05, 3.63) is 107 Å². The number of hydrogen-bond donors (Lipinski definition) is 11. The molecule has 0 aliphatic rings. The van der Waals surface area contributed by atoms with Crippen LogP contribution in [0.15, 0.2) is 90.3 Å². The van der Waals surface area contributed by atoms with Crippen LogP contribution in [0, 0.1) is 5.41 Å². The van der Waals surface area contributed by atoms with Crippen molar-refractivity contribution in [3.63, 3.8) is 0 Å². The lowest BCUT2D eigenvalue weighted by Gasteiger charge is -2.24. The number of aliphatic carboxylic acids is 6. The molecule has 0 atom stereocenters. The SMILES string of the molecule is C=CC(=O)O.C=CC(=O)O.C=CC(=O)O.C=CC(=O)O.C=CC(=O)O.C=CC(=O)O.CCC(CO)(CO)CO.CCOn1c(=O)[nH]c(=O)[nH]c1=O. The molecule has 0 amide bonds. The number of carboxylic acids is 6. The summed E-state index contributed by atoms with van der Waals surface area (Å²) in [6, 6.07) is 0. The smallest absolute Gasteiger partial charge is 0.367 e. The van der Waals surface area contributed by atoms with E-state index < -0.39 is 58.3 Å². The van der Waals surface area contributed by atoms with Crippen LogP contribution in [0.1, 0.15) is 20.3 Å². The molecule has 1 aromatic heterocycles. The number of carboxylic acid groups (broad SMARTS) is 6. The van der Waals surface area contributed by atoms with Crippen molar-refractivity contribution in [1.29, 1.82) is 0 Å². The van der Waals surface area contributed by atoms with E-state index in [2.05, 4.69) is 44.3 Å². The third-order valence-electron chi connectivity index (χ3n) is 3.87. The number of aromatic nitrogens is 3. The zero-order valence-corrected chi connectivity index (χ0v) is 27.8. The van der Waals surface area contributed by atoms with Gasteiger partial charge in [-0.1, -0.05) is 51.1 Å². The Hall–Kier alpha value is -6.65. The van der Waals surface area contributed by atoms with E-state index in [9.17, 15) is 43.2 Å². The molecule has 51 heavy (non-hydrogen) atoms. The van der Waals surface area contributed by atoms with Crippen LogP contribution in [0.25, 0.3) is 0 Å². The predicted molar refractivity (Wildman–Crippen MR) is 180 cm³/mol. The molecule has 1 aromatic rings. The van der Waals surface area contributed by atoms with Crippen molar-refractivity contribution >= 4 is 35.8 Å². The molecular formula is C29H45N3O19. The molecule has 0 unspecified atom stereocenters. The molecule has 1 heterocycles. The van der Waals surface area contributed by atoms with E-state index in [1.165, 1.54) is 0 Å². The summed E-state index contributed by atoms with van der Waals surface area (Å²) < 4.78 is 0.446. The van der Waals surface area contributed by atoms with Gasteiger partial charge in [-0.3, -0.25) is 9.97 Å². The van der Waals surface area contributed by atoms with Gasteiger partial charge in [0.1, 0.15) is 6.61 Å². The van der Waals surface area contributed by atoms with Crippen LogP contribution in [0.2, 0.25) is 0 Å². The number of H-pyrrole nitrogens is 2. The average molecular weight is 740 g/mol. The van der Waals surface area contributed by atoms with Crippen LogP contribution in [-0.2, 0) is 28.8 Å². The predicted octanol–water partition coefficient (Wildman–Crippen LogP) is -1.42. The van der Waals surface area contributed by atoms with Crippen molar-refractivity contribution in [2.75, 3.05) is 26.4 Å². The minimum absolute atomic E-state index is 0.156. The maximum Gasteiger partial charge on any atom is 0.367 e. The largest absolute Gasteiger partial charge is 0.478 e. The third-order valence-corrected chi connectivity index (χ3v) is 3.87. The van der Waals surface area contributed by atoms with Crippen LogP contribution in [0.5, 0.6) is 0 Å². The van der Waals surface area contributed by atoms with Gasteiger partial charge in [-0.05, 0) is 13.3 Å². The molecule has 0 aliphatic carbocycles. The summed E-state index contributed by atoms with van der Waals surface area (Å²) in [6.45, 7) is 20.9. The lowest BCUT2D eigenvalue weighted by Crippen LogP contribution is -2.46. The van der Waals surface area contributed by atoms with E-state index in [4.69, 9.17) is 46.0 Å². The van der Waals surface area contributed by atoms with Crippen LogP contribution in [0.4, 0.5) is 0 Å². The van der Waals surface area contributed by atoms with Crippen molar-refractivity contribution in [1.82, 2.24) is 14.7 Å². The minimum atomic E-state index is -0.981. The second kappa shape index (κ2) is 41.4. The summed E-state index contributed by atoms with van der Waals surface area (Å²) in [5.74, 6) is -5.89. The number of nitrogens with one attached hydrogen (secondary N) is 2. The van der Waals surface area contributed by atoms with Crippen molar-refractivity contribution < 1.29 is 79.6 Å². The number of hydrogen-bond acceptors (Lipinski definition) is 13. The molecule has 0 fully saturated rings. The fourth-order valence-corrected chi connectivity index (χ4v) is 1.15. The maximum absolute atomic E-state index is 10.8. The van der Waals surface area contributed by atoms with Crippen LogP contribution in [-0.4, -0.2) is 123 Å². The Bertz CT molecular complexity index is 1210. The van der Waals surface area contributed by atoms with E-state index in [0.29, 0.717) is 11.2 Å². The van der Waals surface area contributed by atoms with E-state index >= 15 is 0 Å². The number of aliphatic hydroxyl groups is 3. The van der Waals surface area contributed by atoms with Gasteiger partial charge >= 0.3 is 52.9 Å². The average Bonchev–Trinajstić information content (AvgIpc) is 3.09. The summed E-state index contributed by atoms with van der Waals surface area (Å²) in [5, 5.41) is 71.6. The number of rotatable bonds is 12. The molecular weight excluding hydrogens is 694 g/mol. The van der Waals surface area contributed by atoms with Gasteiger partial charge in [0.05, 0.1) is 19.8 Å². The Morgan fingerprint density at radius 1 is 0.569 bits per heavy atom. The lowest BCUT2D eigenvalue weighted by atomic mass is 9.88. The summed E-state index contributed by atoms with van der Waals surface area (Å²) in [6.07, 6.45) is 5.59. The van der Waals surface area contributed by atoms with Crippen LogP contribution < -0.4 is 21.9 Å². The molecule has 11 N–H and O–H groups in total. The first-order chi connectivity index (χ1) is 23.5. The zero-order valence-electron chi connectivity index (χ0n) is 27.8. The Balaban J connectivity index is -0.0000000898. The van der Waals surface area contributed by atoms with Crippen LogP contribution >= 0.6 is 0 Å². The molecule has 22 heteroatoms. The van der Waals surface area contributed by atoms with Gasteiger partial charge < -0.3 is 50.8 Å². The molecule has 1 rings (SSSR count). The molecule has 290 valence electrons. The maximum atomic E-state index is 10.8. The van der Waals surface area contributed by atoms with Crippen molar-refractivity contribution in [2.24, 2.45) is 5.41 Å². The molecule has 0 aliphatic heterocycles. The summed E-state index contributed by atoms with van der Waals surface area (Å²) in [5.41, 5.74) is -3.28. The first-order valence-electron chi connectivity index (χ1n) is 13.1. The Kier molecular flexibility index (Phi) is 48.5. The highest BCUT2D eigenvalue weighted by Crippen LogP contribution is 2.18. The Morgan fingerprint density at radius 3 is 0.863 bits per heavy atom. The third kappa shape index (κ3) is 56.1. The van der Waals surface area contributed by atoms with Crippen molar-refractivity contribution in [2.45, 2.75) is 20.3 Å². The highest BCUT2D eigenvalue weighted by Gasteiger charge is 2.24. The topological polar surface area (TPSA) is 381 Å². The second-order valence-electron chi connectivity index (χ2n) is 7.48. The van der Waals surface area contributed by atoms with E-state index in [0.717, 1.165) is 36.5 Å². The zero-order chi connectivity index (χ0) is 42.2. The summed E-state index contributed by atoms with van der Waals surface area (Å²) in [7, 11) is 0. The number of aromatic amines is 2. The van der Waals surface area contributed by atoms with Crippen LogP contribution in [0.3, 0.4) is 0 Å². The van der Waals surface area contributed by atoms with E-state index in [-0.39, 0.29) is 26.4 Å². The van der Waals surface area contributed by atoms with Crippen molar-refractivity contribution in [3.8, 4) is 0 Å². The van der Waals surface area contributed by atoms with Gasteiger partial charge in [0.2, 0.25) is 0 Å². The minimum Gasteiger partial charge on any atom is -0.478 e. The molecule has 0 saturated heterocycles. The van der Waals surface area contributed by atoms with Gasteiger partial charge in [0, 0.05) is 41.9 Å². The molecule has 0 spiro atoms. The standard InChI is InChI=1S/C6H14O3.C5H7N3O4.6C3H4O2/c1-2-6(3-7,4-8)5-9;1-2-12-8-4(10)6-3(9)7-5(8)11;6*1-2-3(4)5/h7-9H,2-5H2,1H3;2H2,1H3,(H2,6,7,9,10,11);6*2H,1H2,(H,4,5). The number of nitrogens with zero attached hydrogens (tertiary/aromatic N) is 1. The fourth-order valence-electron chi connectivity index (χ4n) is 1.15. The highest BCUT2D eigenvalue weighted by atomic mass is 16.7. The van der Waals surface area contributed by atoms with Gasteiger partial charge in [-0.25, -0.2) is 43.2 Å². The highest BCUT2D eigenvalue weighted by molar-refractivity contribution is 5.80. The number of aliphatic hydroxyl groups excluding tert-OH is 3. The summed E-state index contributed by atoms with van der Waals surface area (Å²) >= 11 is 0. The lowest BCUT2D eigenvalue weighted by molar-refractivity contribution is -0.132. The summed E-state index contributed by atoms with van der Waals surface area (Å²) in [4.78, 5) is 95.9. The molecule has 0 aromatic carbocycles. The molecule has 0 radical (unpaired) electrons.